The number of hydrogen-bond acceptors (Lipinski definition) is 4. The number of nitrogens with zero attached hydrogens (tertiary/aromatic N) is 3. The summed E-state index contributed by atoms with van der Waals surface area (Å²) in [6.45, 7) is 6.44. The van der Waals surface area contributed by atoms with Crippen LogP contribution in [0, 0.1) is 13.8 Å². The molecule has 0 aliphatic carbocycles. The summed E-state index contributed by atoms with van der Waals surface area (Å²) < 4.78 is 5.77. The fraction of sp³-hybridized carbons (Fsp3) is 0.179. The van der Waals surface area contributed by atoms with Gasteiger partial charge in [-0.3, -0.25) is 4.90 Å². The summed E-state index contributed by atoms with van der Waals surface area (Å²) >= 11 is 6.05. The first-order valence-electron chi connectivity index (χ1n) is 11.4. The average Bonchev–Trinajstić information content (AvgIpc) is 3.34. The maximum Gasteiger partial charge on any atom is 0.322 e. The number of nitrogens with one attached hydrogen (secondary N) is 1. The quantitative estimate of drug-likeness (QED) is 0.342. The number of halogens is 1. The number of urea groups is 1. The standard InChI is InChI=1S/C28H25ClN4O2/c1-17-9-12-22(15-18(17)2)25-24(27-31-26(32-35-27)21-7-5-4-6-8-21)19(3)33(28(34)30-25)16-20-10-13-23(29)14-11-20/h4-15,25H,16H2,1-3H3,(H,30,34). The lowest BCUT2D eigenvalue weighted by atomic mass is 9.92. The zero-order valence-electron chi connectivity index (χ0n) is 19.7. The first-order valence-corrected chi connectivity index (χ1v) is 11.8. The van der Waals surface area contributed by atoms with Crippen LogP contribution < -0.4 is 5.32 Å². The fourth-order valence-corrected chi connectivity index (χ4v) is 4.38. The molecule has 1 aliphatic heterocycles. The summed E-state index contributed by atoms with van der Waals surface area (Å²) in [4.78, 5) is 19.7. The first-order chi connectivity index (χ1) is 16.9. The highest BCUT2D eigenvalue weighted by Crippen LogP contribution is 2.38. The predicted octanol–water partition coefficient (Wildman–Crippen LogP) is 6.70. The van der Waals surface area contributed by atoms with E-state index in [1.807, 2.05) is 67.6 Å². The number of hydrogen-bond donors (Lipinski definition) is 1. The molecule has 0 bridgehead atoms. The van der Waals surface area contributed by atoms with Crippen molar-refractivity contribution in [2.45, 2.75) is 33.4 Å². The lowest BCUT2D eigenvalue weighted by Gasteiger charge is -2.35. The molecule has 1 atom stereocenters. The van der Waals surface area contributed by atoms with Crippen LogP contribution in [0.3, 0.4) is 0 Å². The zero-order chi connectivity index (χ0) is 24.5. The largest absolute Gasteiger partial charge is 0.334 e. The van der Waals surface area contributed by atoms with Crippen molar-refractivity contribution in [2.24, 2.45) is 0 Å². The third-order valence-corrected chi connectivity index (χ3v) is 6.65. The number of aromatic nitrogens is 2. The van der Waals surface area contributed by atoms with Gasteiger partial charge in [0.1, 0.15) is 0 Å². The highest BCUT2D eigenvalue weighted by Gasteiger charge is 2.36. The molecule has 1 aromatic heterocycles. The smallest absolute Gasteiger partial charge is 0.322 e. The summed E-state index contributed by atoms with van der Waals surface area (Å²) in [6.07, 6.45) is 0. The molecule has 0 saturated heterocycles. The second kappa shape index (κ2) is 9.39. The van der Waals surface area contributed by atoms with E-state index in [0.717, 1.165) is 33.5 Å². The van der Waals surface area contributed by atoms with E-state index in [1.165, 1.54) is 5.56 Å². The number of carbonyl (C=O) groups is 1. The minimum absolute atomic E-state index is 0.188. The summed E-state index contributed by atoms with van der Waals surface area (Å²) in [5, 5.41) is 8.04. The van der Waals surface area contributed by atoms with Crippen LogP contribution in [-0.4, -0.2) is 21.1 Å². The van der Waals surface area contributed by atoms with Gasteiger partial charge in [0.15, 0.2) is 0 Å². The Labute approximate surface area is 209 Å². The molecule has 2 amide bonds. The van der Waals surface area contributed by atoms with Crippen LogP contribution in [0.5, 0.6) is 0 Å². The molecule has 3 aromatic carbocycles. The molecule has 0 radical (unpaired) electrons. The van der Waals surface area contributed by atoms with E-state index in [-0.39, 0.29) is 6.03 Å². The Kier molecular flexibility index (Phi) is 6.14. The van der Waals surface area contributed by atoms with Gasteiger partial charge in [0.25, 0.3) is 5.89 Å². The summed E-state index contributed by atoms with van der Waals surface area (Å²) in [6, 6.07) is 22.7. The fourth-order valence-electron chi connectivity index (χ4n) is 4.25. The summed E-state index contributed by atoms with van der Waals surface area (Å²) in [7, 11) is 0. The molecule has 0 fully saturated rings. The molecule has 0 spiro atoms. The Bertz CT molecular complexity index is 1410. The molecule has 5 rings (SSSR count). The van der Waals surface area contributed by atoms with Crippen LogP contribution in [0.1, 0.15) is 41.1 Å². The summed E-state index contributed by atoms with van der Waals surface area (Å²) in [5.41, 5.74) is 6.65. The van der Waals surface area contributed by atoms with Gasteiger partial charge >= 0.3 is 6.03 Å². The van der Waals surface area contributed by atoms with Crippen molar-refractivity contribution in [3.63, 3.8) is 0 Å². The molecule has 0 saturated carbocycles. The number of amides is 2. The molecule has 4 aromatic rings. The minimum Gasteiger partial charge on any atom is -0.334 e. The first kappa shape index (κ1) is 22.9. The molecule has 1 aliphatic rings. The Balaban J connectivity index is 1.60. The molecular weight excluding hydrogens is 460 g/mol. The molecule has 2 heterocycles. The van der Waals surface area contributed by atoms with Crippen LogP contribution in [0.2, 0.25) is 5.02 Å². The van der Waals surface area contributed by atoms with Gasteiger partial charge < -0.3 is 9.84 Å². The van der Waals surface area contributed by atoms with Gasteiger partial charge in [0.05, 0.1) is 18.2 Å². The Hall–Kier alpha value is -3.90. The van der Waals surface area contributed by atoms with Crippen LogP contribution in [0.25, 0.3) is 17.0 Å². The maximum absolute atomic E-state index is 13.3. The lowest BCUT2D eigenvalue weighted by Crippen LogP contribution is -2.45. The van der Waals surface area contributed by atoms with Crippen LogP contribution in [-0.2, 0) is 6.54 Å². The van der Waals surface area contributed by atoms with E-state index < -0.39 is 6.04 Å². The molecular formula is C28H25ClN4O2. The number of rotatable bonds is 5. The van der Waals surface area contributed by atoms with Crippen LogP contribution >= 0.6 is 11.6 Å². The second-order valence-corrected chi connectivity index (χ2v) is 9.16. The van der Waals surface area contributed by atoms with E-state index in [1.54, 1.807) is 4.90 Å². The van der Waals surface area contributed by atoms with Crippen molar-refractivity contribution < 1.29 is 9.32 Å². The van der Waals surface area contributed by atoms with Crippen molar-refractivity contribution in [1.29, 1.82) is 0 Å². The zero-order valence-corrected chi connectivity index (χ0v) is 20.5. The Morgan fingerprint density at radius 2 is 1.71 bits per heavy atom. The van der Waals surface area contributed by atoms with Gasteiger partial charge in [0, 0.05) is 16.3 Å². The second-order valence-electron chi connectivity index (χ2n) is 8.73. The molecule has 7 heteroatoms. The van der Waals surface area contributed by atoms with Crippen molar-refractivity contribution in [1.82, 2.24) is 20.4 Å². The van der Waals surface area contributed by atoms with Gasteiger partial charge in [-0.05, 0) is 55.2 Å². The highest BCUT2D eigenvalue weighted by atomic mass is 35.5. The van der Waals surface area contributed by atoms with Gasteiger partial charge in [0.2, 0.25) is 5.82 Å². The van der Waals surface area contributed by atoms with Gasteiger partial charge in [-0.15, -0.1) is 0 Å². The van der Waals surface area contributed by atoms with E-state index in [0.29, 0.717) is 23.3 Å². The van der Waals surface area contributed by atoms with Gasteiger partial charge in [-0.25, -0.2) is 4.79 Å². The van der Waals surface area contributed by atoms with E-state index >= 15 is 0 Å². The molecule has 6 nitrogen and oxygen atoms in total. The Morgan fingerprint density at radius 1 is 0.971 bits per heavy atom. The van der Waals surface area contributed by atoms with Gasteiger partial charge in [-0.2, -0.15) is 4.98 Å². The van der Waals surface area contributed by atoms with Crippen LogP contribution in [0.15, 0.2) is 83.0 Å². The third kappa shape index (κ3) is 4.57. The number of benzene rings is 3. The van der Waals surface area contributed by atoms with Crippen LogP contribution in [0.4, 0.5) is 4.79 Å². The molecule has 176 valence electrons. The summed E-state index contributed by atoms with van der Waals surface area (Å²) in [5.74, 6) is 0.881. The molecule has 35 heavy (non-hydrogen) atoms. The maximum atomic E-state index is 13.3. The van der Waals surface area contributed by atoms with E-state index in [2.05, 4.69) is 36.5 Å². The average molecular weight is 485 g/mol. The topological polar surface area (TPSA) is 71.3 Å². The molecule has 1 N–H and O–H groups in total. The highest BCUT2D eigenvalue weighted by molar-refractivity contribution is 6.30. The minimum atomic E-state index is -0.424. The number of allylic oxidation sites excluding steroid dienone is 1. The van der Waals surface area contributed by atoms with E-state index in [4.69, 9.17) is 21.1 Å². The van der Waals surface area contributed by atoms with Crippen molar-refractivity contribution in [2.75, 3.05) is 0 Å². The number of carbonyl (C=O) groups excluding carboxylic acids is 1. The van der Waals surface area contributed by atoms with Crippen molar-refractivity contribution >= 4 is 23.2 Å². The van der Waals surface area contributed by atoms with Gasteiger partial charge in [-0.1, -0.05) is 77.4 Å². The SMILES string of the molecule is CC1=C(c2nc(-c3ccccc3)no2)C(c2ccc(C)c(C)c2)NC(=O)N1Cc1ccc(Cl)cc1. The normalized spacial score (nSPS) is 15.9. The van der Waals surface area contributed by atoms with E-state index in [9.17, 15) is 4.79 Å². The lowest BCUT2D eigenvalue weighted by molar-refractivity contribution is 0.203. The Morgan fingerprint density at radius 3 is 2.43 bits per heavy atom. The predicted molar refractivity (Wildman–Crippen MR) is 137 cm³/mol. The monoisotopic (exact) mass is 484 g/mol. The third-order valence-electron chi connectivity index (χ3n) is 6.40. The molecule has 1 unspecified atom stereocenters. The van der Waals surface area contributed by atoms with Crippen molar-refractivity contribution in [3.8, 4) is 11.4 Å². The van der Waals surface area contributed by atoms with Crippen molar-refractivity contribution in [3.05, 3.63) is 112 Å². The number of aryl methyl sites for hydroxylation is 2.